The summed E-state index contributed by atoms with van der Waals surface area (Å²) in [5.41, 5.74) is 2.47. The summed E-state index contributed by atoms with van der Waals surface area (Å²) in [4.78, 5) is 31.9. The van der Waals surface area contributed by atoms with E-state index in [2.05, 4.69) is 10.1 Å². The number of anilines is 1. The maximum atomic E-state index is 14.1. The average Bonchev–Trinajstić information content (AvgIpc) is 3.07. The fourth-order valence-corrected chi connectivity index (χ4v) is 4.20. The number of rotatable bonds is 1. The fourth-order valence-electron chi connectivity index (χ4n) is 4.20. The number of fused-ring (bicyclic) bond motifs is 8. The number of benzene rings is 3. The lowest BCUT2D eigenvalue weighted by molar-refractivity contribution is 0.0986. The molecule has 1 aromatic heterocycles. The standard InChI is InChI=1S/C23H13FN4O2/c24-14-10-11-17-18(12-14)27-22(15-8-4-5-9-16(15)23(27)30)28-20(17)25-21(29)19(26-28)13-6-2-1-3-7-13/h1-12,22H/t22-/m1/s1. The van der Waals surface area contributed by atoms with Gasteiger partial charge in [0.2, 0.25) is 0 Å². The largest absolute Gasteiger partial charge is 0.300 e. The first-order valence-corrected chi connectivity index (χ1v) is 9.42. The Morgan fingerprint density at radius 2 is 1.63 bits per heavy atom. The van der Waals surface area contributed by atoms with Crippen molar-refractivity contribution in [3.8, 4) is 22.6 Å². The van der Waals surface area contributed by atoms with E-state index in [1.165, 1.54) is 23.1 Å². The van der Waals surface area contributed by atoms with Crippen molar-refractivity contribution in [2.75, 3.05) is 4.90 Å². The Labute approximate surface area is 169 Å². The van der Waals surface area contributed by atoms with E-state index in [1.54, 1.807) is 28.9 Å². The topological polar surface area (TPSA) is 68.1 Å². The monoisotopic (exact) mass is 396 g/mol. The van der Waals surface area contributed by atoms with Crippen LogP contribution in [0.25, 0.3) is 22.6 Å². The van der Waals surface area contributed by atoms with Crippen LogP contribution < -0.4 is 10.5 Å². The Balaban J connectivity index is 1.70. The van der Waals surface area contributed by atoms with Crippen LogP contribution in [0.1, 0.15) is 22.1 Å². The minimum absolute atomic E-state index is 0.196. The lowest BCUT2D eigenvalue weighted by Crippen LogP contribution is -2.39. The van der Waals surface area contributed by atoms with Crippen LogP contribution in [-0.4, -0.2) is 20.7 Å². The average molecular weight is 396 g/mol. The van der Waals surface area contributed by atoms with Crippen molar-refractivity contribution in [1.82, 2.24) is 14.8 Å². The summed E-state index contributed by atoms with van der Waals surface area (Å²) in [7, 11) is 0. The van der Waals surface area contributed by atoms with Crippen molar-refractivity contribution in [1.29, 1.82) is 0 Å². The minimum atomic E-state index is -0.645. The quantitative estimate of drug-likeness (QED) is 0.493. The molecule has 0 saturated heterocycles. The van der Waals surface area contributed by atoms with Crippen LogP contribution in [0.3, 0.4) is 0 Å². The Morgan fingerprint density at radius 3 is 2.47 bits per heavy atom. The van der Waals surface area contributed by atoms with E-state index in [0.717, 1.165) is 5.56 Å². The molecule has 0 fully saturated rings. The van der Waals surface area contributed by atoms with Crippen molar-refractivity contribution in [2.24, 2.45) is 0 Å². The number of aromatic nitrogens is 3. The summed E-state index contributed by atoms with van der Waals surface area (Å²) in [6.07, 6.45) is -0.645. The Morgan fingerprint density at radius 1 is 0.867 bits per heavy atom. The van der Waals surface area contributed by atoms with Gasteiger partial charge in [0.05, 0.1) is 5.69 Å². The minimum Gasteiger partial charge on any atom is -0.280 e. The number of hydrogen-bond acceptors (Lipinski definition) is 4. The highest BCUT2D eigenvalue weighted by Crippen LogP contribution is 2.46. The fraction of sp³-hybridized carbons (Fsp3) is 0.0435. The van der Waals surface area contributed by atoms with Gasteiger partial charge in [0.15, 0.2) is 17.7 Å². The summed E-state index contributed by atoms with van der Waals surface area (Å²) < 4.78 is 15.7. The zero-order chi connectivity index (χ0) is 20.4. The normalized spacial score (nSPS) is 16.0. The molecule has 0 N–H and O–H groups in total. The van der Waals surface area contributed by atoms with Gasteiger partial charge in [-0.3, -0.25) is 14.5 Å². The molecule has 6 rings (SSSR count). The van der Waals surface area contributed by atoms with Gasteiger partial charge in [-0.2, -0.15) is 10.1 Å². The highest BCUT2D eigenvalue weighted by molar-refractivity contribution is 6.13. The van der Waals surface area contributed by atoms with Crippen molar-refractivity contribution >= 4 is 11.6 Å². The molecule has 30 heavy (non-hydrogen) atoms. The second-order valence-corrected chi connectivity index (χ2v) is 7.20. The molecule has 6 nitrogen and oxygen atoms in total. The molecular weight excluding hydrogens is 383 g/mol. The second-order valence-electron chi connectivity index (χ2n) is 7.20. The highest BCUT2D eigenvalue weighted by Gasteiger charge is 2.44. The second kappa shape index (κ2) is 5.93. The van der Waals surface area contributed by atoms with Gasteiger partial charge in [-0.05, 0) is 24.3 Å². The number of hydrogen-bond donors (Lipinski definition) is 0. The number of nitrogens with zero attached hydrogens (tertiary/aromatic N) is 4. The predicted octanol–water partition coefficient (Wildman–Crippen LogP) is 3.63. The molecule has 0 radical (unpaired) electrons. The Bertz CT molecular complexity index is 1410. The van der Waals surface area contributed by atoms with Crippen molar-refractivity contribution in [3.05, 3.63) is 100 Å². The first kappa shape index (κ1) is 16.8. The summed E-state index contributed by atoms with van der Waals surface area (Å²) in [5.74, 6) is -0.406. The molecule has 144 valence electrons. The number of halogens is 1. The van der Waals surface area contributed by atoms with Gasteiger partial charge in [0.25, 0.3) is 11.5 Å². The maximum absolute atomic E-state index is 14.1. The van der Waals surface area contributed by atoms with Gasteiger partial charge in [-0.1, -0.05) is 48.5 Å². The summed E-state index contributed by atoms with van der Waals surface area (Å²) in [6.45, 7) is 0. The highest BCUT2D eigenvalue weighted by atomic mass is 19.1. The molecule has 0 saturated carbocycles. The van der Waals surface area contributed by atoms with E-state index in [4.69, 9.17) is 0 Å². The molecule has 2 aliphatic rings. The SMILES string of the molecule is O=C1c2ccccc2[C@@H]2N1c1cc(F)ccc1-c1nc(=O)c(-c3ccccc3)nn12. The summed E-state index contributed by atoms with van der Waals surface area (Å²) in [6, 6.07) is 20.4. The van der Waals surface area contributed by atoms with Crippen LogP contribution in [0.4, 0.5) is 10.1 Å². The summed E-state index contributed by atoms with van der Waals surface area (Å²) >= 11 is 0. The van der Waals surface area contributed by atoms with Gasteiger partial charge in [-0.25, -0.2) is 9.07 Å². The van der Waals surface area contributed by atoms with Crippen molar-refractivity contribution in [2.45, 2.75) is 6.17 Å². The molecule has 4 aromatic rings. The van der Waals surface area contributed by atoms with Crippen LogP contribution in [0.15, 0.2) is 77.6 Å². The molecule has 1 atom stereocenters. The van der Waals surface area contributed by atoms with Gasteiger partial charge in [0.1, 0.15) is 5.82 Å². The lowest BCUT2D eigenvalue weighted by Gasteiger charge is -2.34. The van der Waals surface area contributed by atoms with E-state index in [1.807, 2.05) is 30.3 Å². The van der Waals surface area contributed by atoms with Crippen LogP contribution in [-0.2, 0) is 0 Å². The molecule has 0 bridgehead atoms. The molecule has 2 aliphatic heterocycles. The zero-order valence-electron chi connectivity index (χ0n) is 15.5. The smallest absolute Gasteiger partial charge is 0.280 e. The maximum Gasteiger partial charge on any atom is 0.300 e. The van der Waals surface area contributed by atoms with Crippen LogP contribution in [0.2, 0.25) is 0 Å². The van der Waals surface area contributed by atoms with Crippen molar-refractivity contribution < 1.29 is 9.18 Å². The molecule has 7 heteroatoms. The molecule has 0 spiro atoms. The molecule has 0 unspecified atom stereocenters. The summed E-state index contributed by atoms with van der Waals surface area (Å²) in [5, 5.41) is 4.63. The van der Waals surface area contributed by atoms with Gasteiger partial charge < -0.3 is 0 Å². The first-order chi connectivity index (χ1) is 14.6. The third-order valence-electron chi connectivity index (χ3n) is 5.51. The molecule has 0 aliphatic carbocycles. The molecule has 3 aromatic carbocycles. The van der Waals surface area contributed by atoms with Gasteiger partial charge in [0, 0.05) is 22.3 Å². The van der Waals surface area contributed by atoms with Crippen LogP contribution in [0, 0.1) is 5.82 Å². The van der Waals surface area contributed by atoms with Gasteiger partial charge in [-0.15, -0.1) is 0 Å². The number of carbonyl (C=O) groups excluding carboxylic acids is 1. The zero-order valence-corrected chi connectivity index (χ0v) is 15.5. The van der Waals surface area contributed by atoms with Crippen LogP contribution >= 0.6 is 0 Å². The molecular formula is C23H13FN4O2. The van der Waals surface area contributed by atoms with E-state index < -0.39 is 17.5 Å². The Hall–Kier alpha value is -4.13. The third kappa shape index (κ3) is 2.17. The van der Waals surface area contributed by atoms with Crippen LogP contribution in [0.5, 0.6) is 0 Å². The van der Waals surface area contributed by atoms with E-state index >= 15 is 0 Å². The number of amides is 1. The van der Waals surface area contributed by atoms with Gasteiger partial charge >= 0.3 is 0 Å². The Kier molecular flexibility index (Phi) is 3.32. The van der Waals surface area contributed by atoms with E-state index in [9.17, 15) is 14.0 Å². The van der Waals surface area contributed by atoms with E-state index in [-0.39, 0.29) is 11.6 Å². The lowest BCUT2D eigenvalue weighted by atomic mass is 10.1. The number of carbonyl (C=O) groups is 1. The molecule has 3 heterocycles. The van der Waals surface area contributed by atoms with Crippen molar-refractivity contribution in [3.63, 3.8) is 0 Å². The predicted molar refractivity (Wildman–Crippen MR) is 109 cm³/mol. The van der Waals surface area contributed by atoms with E-state index in [0.29, 0.717) is 28.2 Å². The molecule has 1 amide bonds. The first-order valence-electron chi connectivity index (χ1n) is 9.42. The third-order valence-corrected chi connectivity index (χ3v) is 5.51.